The molecule has 3 aromatic carbocycles. The average Bonchev–Trinajstić information content (AvgIpc) is 2.82. The minimum absolute atomic E-state index is 0.0253. The van der Waals surface area contributed by atoms with Gasteiger partial charge in [0.2, 0.25) is 0 Å². The van der Waals surface area contributed by atoms with Crippen molar-refractivity contribution in [1.82, 2.24) is 4.90 Å². The molecule has 0 atom stereocenters. The first-order valence-electron chi connectivity index (χ1n) is 10.5. The molecule has 7 nitrogen and oxygen atoms in total. The number of benzene rings is 3. The largest absolute Gasteiger partial charge is 0.379 e. The minimum Gasteiger partial charge on any atom is -0.379 e. The number of anilines is 2. The van der Waals surface area contributed by atoms with Gasteiger partial charge in [0.15, 0.2) is 0 Å². The summed E-state index contributed by atoms with van der Waals surface area (Å²) in [7, 11) is -3.84. The van der Waals surface area contributed by atoms with Crippen LogP contribution in [0.25, 0.3) is 0 Å². The van der Waals surface area contributed by atoms with E-state index in [4.69, 9.17) is 4.74 Å². The zero-order valence-corrected chi connectivity index (χ0v) is 18.6. The van der Waals surface area contributed by atoms with Gasteiger partial charge in [-0.05, 0) is 66.2 Å². The molecule has 0 unspecified atom stereocenters. The topological polar surface area (TPSA) is 87.7 Å². The van der Waals surface area contributed by atoms with Crippen molar-refractivity contribution >= 4 is 27.3 Å². The average molecular weight is 470 g/mol. The number of carbonyl (C=O) groups excluding carboxylic acids is 1. The fourth-order valence-corrected chi connectivity index (χ4v) is 4.54. The van der Waals surface area contributed by atoms with Crippen LogP contribution in [0.15, 0.2) is 77.7 Å². The molecule has 0 bridgehead atoms. The third kappa shape index (κ3) is 6.16. The Hall–Kier alpha value is -3.27. The fraction of sp³-hybridized carbons (Fsp3) is 0.208. The third-order valence-corrected chi connectivity index (χ3v) is 6.62. The first kappa shape index (κ1) is 22.9. The quantitative estimate of drug-likeness (QED) is 0.551. The molecule has 1 aliphatic heterocycles. The van der Waals surface area contributed by atoms with Crippen LogP contribution in [0, 0.1) is 5.82 Å². The van der Waals surface area contributed by atoms with Gasteiger partial charge in [-0.2, -0.15) is 0 Å². The van der Waals surface area contributed by atoms with Crippen molar-refractivity contribution in [2.45, 2.75) is 11.4 Å². The smallest absolute Gasteiger partial charge is 0.261 e. The summed E-state index contributed by atoms with van der Waals surface area (Å²) in [6.45, 7) is 3.90. The SMILES string of the molecule is O=C(Nc1ccc(S(=O)(=O)Nc2ccc(F)cc2)cc1)c1cccc(CN2CCOCC2)c1. The summed E-state index contributed by atoms with van der Waals surface area (Å²) in [5, 5.41) is 2.79. The predicted octanol–water partition coefficient (Wildman–Crippen LogP) is 3.71. The van der Waals surface area contributed by atoms with Gasteiger partial charge in [-0.25, -0.2) is 12.8 Å². The second-order valence-electron chi connectivity index (χ2n) is 7.68. The Balaban J connectivity index is 1.39. The van der Waals surface area contributed by atoms with Crippen molar-refractivity contribution in [3.05, 3.63) is 89.7 Å². The molecule has 0 saturated carbocycles. The summed E-state index contributed by atoms with van der Waals surface area (Å²) in [6, 6.07) is 18.3. The molecule has 1 fully saturated rings. The molecule has 1 heterocycles. The second kappa shape index (κ2) is 10.1. The number of nitrogens with zero attached hydrogens (tertiary/aromatic N) is 1. The van der Waals surface area contributed by atoms with E-state index in [2.05, 4.69) is 14.9 Å². The van der Waals surface area contributed by atoms with Crippen molar-refractivity contribution in [3.63, 3.8) is 0 Å². The molecular weight excluding hydrogens is 445 g/mol. The molecule has 9 heteroatoms. The molecule has 3 aromatic rings. The van der Waals surface area contributed by atoms with E-state index in [1.54, 1.807) is 6.07 Å². The third-order valence-electron chi connectivity index (χ3n) is 5.22. The van der Waals surface area contributed by atoms with Gasteiger partial charge in [-0.1, -0.05) is 12.1 Å². The summed E-state index contributed by atoms with van der Waals surface area (Å²) in [6.07, 6.45) is 0. The van der Waals surface area contributed by atoms with E-state index in [9.17, 15) is 17.6 Å². The van der Waals surface area contributed by atoms with Crippen LogP contribution in [0.1, 0.15) is 15.9 Å². The number of nitrogens with one attached hydrogen (secondary N) is 2. The molecule has 1 saturated heterocycles. The van der Waals surface area contributed by atoms with Crippen LogP contribution < -0.4 is 10.0 Å². The molecule has 172 valence electrons. The van der Waals surface area contributed by atoms with E-state index in [-0.39, 0.29) is 16.5 Å². The number of carbonyl (C=O) groups is 1. The number of rotatable bonds is 7. The van der Waals surface area contributed by atoms with Gasteiger partial charge in [0.1, 0.15) is 5.82 Å². The number of ether oxygens (including phenoxy) is 1. The molecule has 0 radical (unpaired) electrons. The van der Waals surface area contributed by atoms with Crippen LogP contribution >= 0.6 is 0 Å². The maximum Gasteiger partial charge on any atom is 0.261 e. The molecule has 33 heavy (non-hydrogen) atoms. The van der Waals surface area contributed by atoms with E-state index in [0.717, 1.165) is 25.2 Å². The lowest BCUT2D eigenvalue weighted by molar-refractivity contribution is 0.0342. The molecule has 0 spiro atoms. The Kier molecular flexibility index (Phi) is 7.02. The van der Waals surface area contributed by atoms with Crippen molar-refractivity contribution in [2.75, 3.05) is 36.3 Å². The van der Waals surface area contributed by atoms with Crippen molar-refractivity contribution in [1.29, 1.82) is 0 Å². The zero-order chi connectivity index (χ0) is 23.3. The van der Waals surface area contributed by atoms with Crippen molar-refractivity contribution < 1.29 is 22.3 Å². The maximum absolute atomic E-state index is 13.0. The highest BCUT2D eigenvalue weighted by Gasteiger charge is 2.15. The first-order valence-corrected chi connectivity index (χ1v) is 12.0. The summed E-state index contributed by atoms with van der Waals surface area (Å²) in [5.41, 5.74) is 2.29. The summed E-state index contributed by atoms with van der Waals surface area (Å²) >= 11 is 0. The lowest BCUT2D eigenvalue weighted by atomic mass is 10.1. The second-order valence-corrected chi connectivity index (χ2v) is 9.36. The molecular formula is C24H24FN3O4S. The van der Waals surface area contributed by atoms with Gasteiger partial charge in [0, 0.05) is 36.6 Å². The number of hydrogen-bond acceptors (Lipinski definition) is 5. The molecule has 0 aliphatic carbocycles. The van der Waals surface area contributed by atoms with Gasteiger partial charge >= 0.3 is 0 Å². The van der Waals surface area contributed by atoms with Crippen LogP contribution in [-0.2, 0) is 21.3 Å². The van der Waals surface area contributed by atoms with Gasteiger partial charge in [-0.3, -0.25) is 14.4 Å². The Morgan fingerprint density at radius 1 is 0.939 bits per heavy atom. The van der Waals surface area contributed by atoms with Crippen LogP contribution in [0.2, 0.25) is 0 Å². The Labute approximate surface area is 192 Å². The number of amides is 1. The highest BCUT2D eigenvalue weighted by Crippen LogP contribution is 2.19. The highest BCUT2D eigenvalue weighted by molar-refractivity contribution is 7.92. The van der Waals surface area contributed by atoms with E-state index in [1.165, 1.54) is 48.5 Å². The van der Waals surface area contributed by atoms with E-state index in [1.807, 2.05) is 18.2 Å². The summed E-state index contributed by atoms with van der Waals surface area (Å²) < 4.78 is 45.9. The highest BCUT2D eigenvalue weighted by atomic mass is 32.2. The molecule has 1 amide bonds. The molecule has 0 aromatic heterocycles. The van der Waals surface area contributed by atoms with E-state index < -0.39 is 15.8 Å². The van der Waals surface area contributed by atoms with Crippen LogP contribution in [-0.4, -0.2) is 45.5 Å². The first-order chi connectivity index (χ1) is 15.9. The van der Waals surface area contributed by atoms with Gasteiger partial charge in [0.25, 0.3) is 15.9 Å². The van der Waals surface area contributed by atoms with E-state index >= 15 is 0 Å². The van der Waals surface area contributed by atoms with E-state index in [0.29, 0.717) is 24.5 Å². The van der Waals surface area contributed by atoms with Gasteiger partial charge in [0.05, 0.1) is 18.1 Å². The zero-order valence-electron chi connectivity index (χ0n) is 17.8. The maximum atomic E-state index is 13.0. The molecule has 4 rings (SSSR count). The van der Waals surface area contributed by atoms with Crippen molar-refractivity contribution in [3.8, 4) is 0 Å². The minimum atomic E-state index is -3.84. The predicted molar refractivity (Wildman–Crippen MR) is 124 cm³/mol. The van der Waals surface area contributed by atoms with Gasteiger partial charge < -0.3 is 10.1 Å². The number of hydrogen-bond donors (Lipinski definition) is 2. The Morgan fingerprint density at radius 2 is 1.61 bits per heavy atom. The van der Waals surface area contributed by atoms with Crippen LogP contribution in [0.5, 0.6) is 0 Å². The van der Waals surface area contributed by atoms with Crippen LogP contribution in [0.4, 0.5) is 15.8 Å². The summed E-state index contributed by atoms with van der Waals surface area (Å²) in [5.74, 6) is -0.733. The monoisotopic (exact) mass is 469 g/mol. The Bertz CT molecular complexity index is 1210. The normalized spacial score (nSPS) is 14.6. The van der Waals surface area contributed by atoms with Gasteiger partial charge in [-0.15, -0.1) is 0 Å². The molecule has 1 aliphatic rings. The fourth-order valence-electron chi connectivity index (χ4n) is 3.48. The number of sulfonamides is 1. The lowest BCUT2D eigenvalue weighted by Gasteiger charge is -2.26. The number of morpholine rings is 1. The van der Waals surface area contributed by atoms with Crippen molar-refractivity contribution in [2.24, 2.45) is 0 Å². The Morgan fingerprint density at radius 3 is 2.30 bits per heavy atom. The molecule has 2 N–H and O–H groups in total. The number of halogens is 1. The standard InChI is InChI=1S/C24H24FN3O4S/c25-20-4-6-22(7-5-20)27-33(30,31)23-10-8-21(9-11-23)26-24(29)19-3-1-2-18(16-19)17-28-12-14-32-15-13-28/h1-11,16,27H,12-15,17H2,(H,26,29). The van der Waals surface area contributed by atoms with Crippen LogP contribution in [0.3, 0.4) is 0 Å². The summed E-state index contributed by atoms with van der Waals surface area (Å²) in [4.78, 5) is 15.0. The lowest BCUT2D eigenvalue weighted by Crippen LogP contribution is -2.35.